The normalized spacial score (nSPS) is 12.0. The molecule has 4 rings (SSSR count). The van der Waals surface area contributed by atoms with Crippen molar-refractivity contribution in [2.24, 2.45) is 11.5 Å². The lowest BCUT2D eigenvalue weighted by Gasteiger charge is -2.12. The van der Waals surface area contributed by atoms with Crippen LogP contribution in [0.15, 0.2) is 91.0 Å². The SMILES string of the molecule is NC(Cc1ccc(F)cc1)P(=O)(O)O.Nc1ccc(CC(N)C(=O)O)cc1.O=C(O)c1ccc(F)cc1.O=C(O)c1ccc(F)cc1C(F)(F)F. The predicted octanol–water partition coefficient (Wildman–Crippen LogP) is 5.12. The van der Waals surface area contributed by atoms with Gasteiger partial charge in [0.15, 0.2) is 0 Å². The number of anilines is 1. The van der Waals surface area contributed by atoms with E-state index in [0.717, 1.165) is 17.7 Å². The number of hydrogen-bond donors (Lipinski definition) is 8. The second-order valence-electron chi connectivity index (χ2n) is 10.2. The van der Waals surface area contributed by atoms with Crippen molar-refractivity contribution in [3.05, 3.63) is 136 Å². The molecule has 0 aliphatic heterocycles. The number of nitrogens with two attached hydrogens (primary N) is 3. The number of carboxylic acids is 3. The van der Waals surface area contributed by atoms with Gasteiger partial charge in [-0.25, -0.2) is 22.8 Å². The van der Waals surface area contributed by atoms with Crippen molar-refractivity contribution in [2.75, 3.05) is 5.73 Å². The van der Waals surface area contributed by atoms with Crippen LogP contribution in [0, 0.1) is 17.5 Å². The number of carbonyl (C=O) groups is 3. The minimum absolute atomic E-state index is 0.0323. The molecule has 0 radical (unpaired) electrons. The Balaban J connectivity index is 0.000000342. The van der Waals surface area contributed by atoms with Crippen molar-refractivity contribution < 1.29 is 70.4 Å². The van der Waals surface area contributed by atoms with Crippen LogP contribution in [-0.4, -0.2) is 54.8 Å². The van der Waals surface area contributed by atoms with Crippen LogP contribution in [0.4, 0.5) is 32.0 Å². The van der Waals surface area contributed by atoms with Crippen LogP contribution in [-0.2, 0) is 28.4 Å². The summed E-state index contributed by atoms with van der Waals surface area (Å²) in [6.45, 7) is 0. The number of aromatic carboxylic acids is 2. The zero-order valence-electron chi connectivity index (χ0n) is 26.0. The summed E-state index contributed by atoms with van der Waals surface area (Å²) >= 11 is 0. The van der Waals surface area contributed by atoms with Gasteiger partial charge in [0.2, 0.25) is 0 Å². The van der Waals surface area contributed by atoms with Gasteiger partial charge in [-0.3, -0.25) is 9.36 Å². The Morgan fingerprint density at radius 1 is 0.667 bits per heavy atom. The minimum atomic E-state index is -4.87. The van der Waals surface area contributed by atoms with Crippen LogP contribution >= 0.6 is 7.60 Å². The van der Waals surface area contributed by atoms with E-state index >= 15 is 0 Å². The standard InChI is InChI=1S/C9H12N2O2.C8H4F4O2.C8H11FNO3P.C7H5FO2/c10-7-3-1-6(2-4-7)5-8(11)9(12)13;9-4-1-2-5(7(13)14)6(3-4)8(10,11)12;9-7-3-1-6(2-4-7)5-8(10)14(11,12)13;8-6-3-1-5(2-4-6)7(9)10/h1-4,8H,5,10-11H2,(H,12,13);1-3H,(H,13,14);1-4,8H,5,10H2,(H2,11,12,13);1-4H,(H,9,10). The van der Waals surface area contributed by atoms with Crippen LogP contribution in [0.2, 0.25) is 0 Å². The molecule has 19 heteroatoms. The van der Waals surface area contributed by atoms with Crippen molar-refractivity contribution in [3.63, 3.8) is 0 Å². The van der Waals surface area contributed by atoms with Crippen LogP contribution in [0.1, 0.15) is 37.4 Å². The van der Waals surface area contributed by atoms with Crippen molar-refractivity contribution in [1.29, 1.82) is 0 Å². The highest BCUT2D eigenvalue weighted by atomic mass is 31.2. The number of benzene rings is 4. The lowest BCUT2D eigenvalue weighted by molar-refractivity contribution is -0.139. The molecular weight excluding hydrogens is 715 g/mol. The maximum absolute atomic E-state index is 12.5. The molecule has 0 saturated carbocycles. The summed E-state index contributed by atoms with van der Waals surface area (Å²) in [4.78, 5) is 48.4. The highest BCUT2D eigenvalue weighted by Crippen LogP contribution is 2.39. The summed E-state index contributed by atoms with van der Waals surface area (Å²) in [6, 6.07) is 17.6. The van der Waals surface area contributed by atoms with Crippen molar-refractivity contribution in [3.8, 4) is 0 Å². The fourth-order valence-electron chi connectivity index (χ4n) is 3.51. The summed E-state index contributed by atoms with van der Waals surface area (Å²) in [5, 5.41) is 25.3. The summed E-state index contributed by atoms with van der Waals surface area (Å²) < 4.78 is 84.3. The quantitative estimate of drug-likeness (QED) is 0.0665. The van der Waals surface area contributed by atoms with E-state index in [0.29, 0.717) is 29.8 Å². The zero-order valence-corrected chi connectivity index (χ0v) is 26.9. The molecule has 11 N–H and O–H groups in total. The summed E-state index contributed by atoms with van der Waals surface area (Å²) in [6.07, 6.45) is -4.50. The Hall–Kier alpha value is -5.26. The number of carboxylic acid groups (broad SMARTS) is 3. The molecule has 0 heterocycles. The first kappa shape index (κ1) is 43.8. The average Bonchev–Trinajstić information content (AvgIpc) is 3.03. The summed E-state index contributed by atoms with van der Waals surface area (Å²) in [5.74, 6) is -6.94. The minimum Gasteiger partial charge on any atom is -0.480 e. The van der Waals surface area contributed by atoms with Crippen molar-refractivity contribution in [2.45, 2.75) is 30.8 Å². The monoisotopic (exact) mass is 747 g/mol. The molecule has 2 unspecified atom stereocenters. The summed E-state index contributed by atoms with van der Waals surface area (Å²) in [5.41, 5.74) is 15.9. The predicted molar refractivity (Wildman–Crippen MR) is 172 cm³/mol. The summed E-state index contributed by atoms with van der Waals surface area (Å²) in [7, 11) is -4.25. The number of alkyl halides is 3. The van der Waals surface area contributed by atoms with Crippen molar-refractivity contribution in [1.82, 2.24) is 0 Å². The van der Waals surface area contributed by atoms with E-state index in [1.807, 2.05) is 0 Å². The van der Waals surface area contributed by atoms with E-state index in [-0.39, 0.29) is 18.1 Å². The molecule has 0 amide bonds. The van der Waals surface area contributed by atoms with Gasteiger partial charge < -0.3 is 42.3 Å². The molecule has 4 aromatic carbocycles. The molecule has 0 bridgehead atoms. The van der Waals surface area contributed by atoms with Gasteiger partial charge in [-0.05, 0) is 90.7 Å². The number of rotatable bonds is 8. The van der Waals surface area contributed by atoms with Crippen LogP contribution < -0.4 is 17.2 Å². The molecule has 0 aliphatic carbocycles. The number of hydrogen-bond acceptors (Lipinski definition) is 7. The molecule has 51 heavy (non-hydrogen) atoms. The van der Waals surface area contributed by atoms with Gasteiger partial charge in [-0.2, -0.15) is 13.2 Å². The lowest BCUT2D eigenvalue weighted by Crippen LogP contribution is -2.32. The third kappa shape index (κ3) is 16.8. The largest absolute Gasteiger partial charge is 0.480 e. The fraction of sp³-hybridized carbons (Fsp3) is 0.156. The maximum atomic E-state index is 12.5. The van der Waals surface area contributed by atoms with Crippen LogP contribution in [0.25, 0.3) is 0 Å². The second kappa shape index (κ2) is 19.8. The van der Waals surface area contributed by atoms with E-state index in [9.17, 15) is 45.3 Å². The third-order valence-electron chi connectivity index (χ3n) is 6.15. The smallest absolute Gasteiger partial charge is 0.417 e. The van der Waals surface area contributed by atoms with E-state index in [2.05, 4.69) is 0 Å². The van der Waals surface area contributed by atoms with Crippen LogP contribution in [0.5, 0.6) is 0 Å². The highest BCUT2D eigenvalue weighted by Gasteiger charge is 2.35. The van der Waals surface area contributed by atoms with Gasteiger partial charge in [-0.1, -0.05) is 24.3 Å². The van der Waals surface area contributed by atoms with Gasteiger partial charge in [0.05, 0.1) is 16.7 Å². The first-order chi connectivity index (χ1) is 23.5. The maximum Gasteiger partial charge on any atom is 0.417 e. The first-order valence-corrected chi connectivity index (χ1v) is 15.7. The molecular formula is C32H32F6N3O9P. The first-order valence-electron chi connectivity index (χ1n) is 14.0. The molecule has 276 valence electrons. The Kier molecular flexibility index (Phi) is 17.0. The molecule has 0 spiro atoms. The van der Waals surface area contributed by atoms with Gasteiger partial charge in [0.25, 0.3) is 0 Å². The van der Waals surface area contributed by atoms with Gasteiger partial charge >= 0.3 is 31.7 Å². The second-order valence-corrected chi connectivity index (χ2v) is 12.0. The zero-order chi connectivity index (χ0) is 39.1. The molecule has 0 fully saturated rings. The molecule has 12 nitrogen and oxygen atoms in total. The Morgan fingerprint density at radius 2 is 1.10 bits per heavy atom. The molecule has 4 aromatic rings. The number of nitrogen functional groups attached to an aromatic ring is 1. The Morgan fingerprint density at radius 3 is 1.51 bits per heavy atom. The Labute approximate surface area is 285 Å². The van der Waals surface area contributed by atoms with E-state index in [1.54, 1.807) is 24.3 Å². The molecule has 0 saturated heterocycles. The van der Waals surface area contributed by atoms with E-state index in [4.69, 9.17) is 42.3 Å². The van der Waals surface area contributed by atoms with Gasteiger partial charge in [0, 0.05) is 5.69 Å². The fourth-order valence-corrected chi connectivity index (χ4v) is 3.95. The molecule has 0 aromatic heterocycles. The molecule has 0 aliphatic rings. The van der Waals surface area contributed by atoms with Crippen molar-refractivity contribution >= 4 is 31.2 Å². The number of aliphatic carboxylic acids is 1. The van der Waals surface area contributed by atoms with Gasteiger partial charge in [0.1, 0.15) is 29.3 Å². The third-order valence-corrected chi connectivity index (χ3v) is 7.20. The average molecular weight is 748 g/mol. The molecule has 2 atom stereocenters. The van der Waals surface area contributed by atoms with Crippen LogP contribution in [0.3, 0.4) is 0 Å². The van der Waals surface area contributed by atoms with E-state index in [1.165, 1.54) is 36.4 Å². The van der Waals surface area contributed by atoms with Gasteiger partial charge in [-0.15, -0.1) is 0 Å². The topological polar surface area (TPSA) is 247 Å². The lowest BCUT2D eigenvalue weighted by atomic mass is 10.1. The van der Waals surface area contributed by atoms with E-state index < -0.39 is 72.1 Å². The Bertz CT molecular complexity index is 1790. The highest BCUT2D eigenvalue weighted by molar-refractivity contribution is 7.52. The number of halogens is 6.